The molecule has 3 aromatic rings. The molecular weight excluding hydrogens is 357 g/mol. The van der Waals surface area contributed by atoms with E-state index in [-0.39, 0.29) is 16.5 Å². The molecule has 3 aromatic carbocycles. The topological polar surface area (TPSA) is 0 Å². The van der Waals surface area contributed by atoms with Crippen molar-refractivity contribution in [2.75, 3.05) is 0 Å². The number of allylic oxidation sites excluding steroid dienone is 1. The van der Waals surface area contributed by atoms with Crippen LogP contribution in [-0.2, 0) is 12.8 Å². The van der Waals surface area contributed by atoms with E-state index < -0.39 is 17.5 Å². The predicted octanol–water partition coefficient (Wildman–Crippen LogP) is 7.81. The van der Waals surface area contributed by atoms with Crippen molar-refractivity contribution in [2.24, 2.45) is 0 Å². The molecule has 0 N–H and O–H groups in total. The summed E-state index contributed by atoms with van der Waals surface area (Å²) in [6.07, 6.45) is 5.31. The fourth-order valence-electron chi connectivity index (χ4n) is 3.29. The average molecular weight is 380 g/mol. The molecule has 0 heterocycles. The Morgan fingerprint density at radius 1 is 0.893 bits per heavy atom. The Kier molecular flexibility index (Phi) is 6.35. The van der Waals surface area contributed by atoms with Gasteiger partial charge in [-0.3, -0.25) is 0 Å². The molecule has 0 aliphatic heterocycles. The number of halogens is 3. The van der Waals surface area contributed by atoms with E-state index >= 15 is 0 Å². The fraction of sp³-hybridized carbons (Fsp3) is 0.200. The van der Waals surface area contributed by atoms with E-state index in [9.17, 15) is 13.2 Å². The fourth-order valence-corrected chi connectivity index (χ4v) is 3.29. The van der Waals surface area contributed by atoms with Crippen molar-refractivity contribution < 1.29 is 13.2 Å². The molecule has 0 aromatic heterocycles. The quantitative estimate of drug-likeness (QED) is 0.289. The normalized spacial score (nSPS) is 12.1. The number of fused-ring (bicyclic) bond motifs is 1. The molecule has 0 unspecified atom stereocenters. The van der Waals surface area contributed by atoms with Crippen LogP contribution in [0, 0.1) is 5.82 Å². The molecule has 0 saturated carbocycles. The van der Waals surface area contributed by atoms with Crippen LogP contribution in [0.25, 0.3) is 22.4 Å². The van der Waals surface area contributed by atoms with Gasteiger partial charge in [-0.1, -0.05) is 68.0 Å². The maximum Gasteiger partial charge on any atom is 0.169 e. The van der Waals surface area contributed by atoms with Crippen LogP contribution < -0.4 is 0 Å². The summed E-state index contributed by atoms with van der Waals surface area (Å²) in [6, 6.07) is 14.8. The molecular formula is C25H23F3. The Balaban J connectivity index is 1.97. The summed E-state index contributed by atoms with van der Waals surface area (Å²) in [4.78, 5) is 0. The Bertz CT molecular complexity index is 1010. The summed E-state index contributed by atoms with van der Waals surface area (Å²) in [5.41, 5.74) is 1.86. The molecule has 0 aliphatic carbocycles. The third-order valence-corrected chi connectivity index (χ3v) is 4.83. The van der Waals surface area contributed by atoms with E-state index in [0.717, 1.165) is 36.8 Å². The van der Waals surface area contributed by atoms with Crippen molar-refractivity contribution in [2.45, 2.75) is 32.6 Å². The highest BCUT2D eigenvalue weighted by atomic mass is 19.2. The second kappa shape index (κ2) is 8.92. The van der Waals surface area contributed by atoms with Gasteiger partial charge >= 0.3 is 0 Å². The summed E-state index contributed by atoms with van der Waals surface area (Å²) in [6.45, 7) is 5.75. The third-order valence-electron chi connectivity index (χ3n) is 4.83. The predicted molar refractivity (Wildman–Crippen MR) is 112 cm³/mol. The van der Waals surface area contributed by atoms with Gasteiger partial charge in [0.2, 0.25) is 0 Å². The highest BCUT2D eigenvalue weighted by Gasteiger charge is 2.17. The van der Waals surface area contributed by atoms with Gasteiger partial charge in [-0.25, -0.2) is 13.2 Å². The monoisotopic (exact) mass is 380 g/mol. The molecule has 0 fully saturated rings. The number of rotatable bonds is 7. The van der Waals surface area contributed by atoms with Crippen molar-refractivity contribution in [1.29, 1.82) is 0 Å². The van der Waals surface area contributed by atoms with E-state index in [0.29, 0.717) is 5.39 Å². The highest BCUT2D eigenvalue weighted by Crippen LogP contribution is 2.33. The zero-order valence-electron chi connectivity index (χ0n) is 15.9. The first-order valence-electron chi connectivity index (χ1n) is 9.52. The largest absolute Gasteiger partial charge is 0.206 e. The Labute approximate surface area is 164 Å². The molecule has 0 amide bonds. The Hall–Kier alpha value is -2.81. The molecule has 3 rings (SSSR count). The molecule has 0 nitrogen and oxygen atoms in total. The summed E-state index contributed by atoms with van der Waals surface area (Å²) in [7, 11) is 0. The Morgan fingerprint density at radius 3 is 2.29 bits per heavy atom. The number of benzene rings is 3. The van der Waals surface area contributed by atoms with Gasteiger partial charge in [-0.2, -0.15) is 0 Å². The second-order valence-corrected chi connectivity index (χ2v) is 6.88. The van der Waals surface area contributed by atoms with Crippen LogP contribution in [0.15, 0.2) is 67.3 Å². The lowest BCUT2D eigenvalue weighted by Crippen LogP contribution is -1.93. The minimum absolute atomic E-state index is 0.108. The van der Waals surface area contributed by atoms with Crippen LogP contribution in [0.1, 0.15) is 42.0 Å². The molecule has 3 heteroatoms. The first kappa shape index (κ1) is 19.9. The van der Waals surface area contributed by atoms with Gasteiger partial charge in [0.1, 0.15) is 5.82 Å². The number of hydrogen-bond acceptors (Lipinski definition) is 0. The lowest BCUT2D eigenvalue weighted by atomic mass is 10.00. The molecule has 0 radical (unpaired) electrons. The maximum atomic E-state index is 14.9. The van der Waals surface area contributed by atoms with E-state index in [1.54, 1.807) is 24.3 Å². The summed E-state index contributed by atoms with van der Waals surface area (Å²) < 4.78 is 44.3. The lowest BCUT2D eigenvalue weighted by molar-refractivity contribution is 0.622. The van der Waals surface area contributed by atoms with Crippen molar-refractivity contribution in [3.63, 3.8) is 0 Å². The van der Waals surface area contributed by atoms with Gasteiger partial charge in [-0.05, 0) is 41.8 Å². The average Bonchev–Trinajstić information content (AvgIpc) is 2.72. The molecule has 0 spiro atoms. The molecule has 28 heavy (non-hydrogen) atoms. The minimum Gasteiger partial charge on any atom is -0.206 e. The molecule has 0 saturated heterocycles. The van der Waals surface area contributed by atoms with Crippen LogP contribution in [0.2, 0.25) is 0 Å². The zero-order valence-corrected chi connectivity index (χ0v) is 15.9. The van der Waals surface area contributed by atoms with Gasteiger partial charge in [0.25, 0.3) is 0 Å². The Morgan fingerprint density at radius 2 is 1.61 bits per heavy atom. The van der Waals surface area contributed by atoms with E-state index in [1.807, 2.05) is 18.2 Å². The second-order valence-electron chi connectivity index (χ2n) is 6.88. The minimum atomic E-state index is -1.18. The molecule has 0 aliphatic rings. The molecule has 144 valence electrons. The summed E-state index contributed by atoms with van der Waals surface area (Å²) >= 11 is 0. The summed E-state index contributed by atoms with van der Waals surface area (Å²) in [5.74, 6) is -2.98. The smallest absolute Gasteiger partial charge is 0.169 e. The van der Waals surface area contributed by atoms with Gasteiger partial charge in [-0.15, -0.1) is 6.58 Å². The van der Waals surface area contributed by atoms with Crippen molar-refractivity contribution in [3.8, 4) is 0 Å². The molecule has 0 atom stereocenters. The van der Waals surface area contributed by atoms with Crippen LogP contribution in [0.4, 0.5) is 13.2 Å². The third kappa shape index (κ3) is 4.19. The van der Waals surface area contributed by atoms with Crippen LogP contribution in [0.5, 0.6) is 0 Å². The standard InChI is InChI=1S/C25H23F3/c1-3-5-7-18-10-14-21-20(16-18)13-15-22(24(21)27)25(28)23(26)19-11-8-17(6-4-2)9-12-19/h3,8-16H,1,4-7H2,2H3. The number of hydrogen-bond donors (Lipinski definition) is 0. The van der Waals surface area contributed by atoms with E-state index in [2.05, 4.69) is 13.5 Å². The van der Waals surface area contributed by atoms with Crippen molar-refractivity contribution in [3.05, 3.63) is 95.3 Å². The summed E-state index contributed by atoms with van der Waals surface area (Å²) in [5, 5.41) is 0.945. The maximum absolute atomic E-state index is 14.9. The van der Waals surface area contributed by atoms with Crippen LogP contribution >= 0.6 is 0 Å². The zero-order chi connectivity index (χ0) is 20.1. The van der Waals surface area contributed by atoms with Gasteiger partial charge in [0.05, 0.1) is 0 Å². The van der Waals surface area contributed by atoms with Crippen LogP contribution in [0.3, 0.4) is 0 Å². The molecule has 0 bridgehead atoms. The highest BCUT2D eigenvalue weighted by molar-refractivity contribution is 5.91. The van der Waals surface area contributed by atoms with Gasteiger partial charge in [0, 0.05) is 16.5 Å². The lowest BCUT2D eigenvalue weighted by Gasteiger charge is -2.09. The van der Waals surface area contributed by atoms with Gasteiger partial charge in [0.15, 0.2) is 11.7 Å². The number of aryl methyl sites for hydroxylation is 2. The van der Waals surface area contributed by atoms with Gasteiger partial charge < -0.3 is 0 Å². The first-order valence-corrected chi connectivity index (χ1v) is 9.52. The van der Waals surface area contributed by atoms with Crippen molar-refractivity contribution in [1.82, 2.24) is 0 Å². The van der Waals surface area contributed by atoms with Crippen molar-refractivity contribution >= 4 is 22.4 Å². The van der Waals surface area contributed by atoms with E-state index in [4.69, 9.17) is 0 Å². The van der Waals surface area contributed by atoms with Crippen LogP contribution in [-0.4, -0.2) is 0 Å². The SMILES string of the molecule is C=CCCc1ccc2c(F)c(C(F)=C(F)c3ccc(CCC)cc3)ccc2c1. The first-order chi connectivity index (χ1) is 13.5. The van der Waals surface area contributed by atoms with E-state index in [1.165, 1.54) is 18.2 Å².